The van der Waals surface area contributed by atoms with Crippen molar-refractivity contribution in [3.05, 3.63) is 12.2 Å². The molecule has 1 aliphatic rings. The van der Waals surface area contributed by atoms with Crippen molar-refractivity contribution in [3.8, 4) is 0 Å². The van der Waals surface area contributed by atoms with Gasteiger partial charge in [0.1, 0.15) is 0 Å². The monoisotopic (exact) mass is 124 g/mol. The highest BCUT2D eigenvalue weighted by atomic mass is 15.1. The van der Waals surface area contributed by atoms with Crippen molar-refractivity contribution in [3.63, 3.8) is 0 Å². The molecule has 0 saturated heterocycles. The van der Waals surface area contributed by atoms with E-state index < -0.39 is 0 Å². The van der Waals surface area contributed by atoms with Crippen LogP contribution in [-0.2, 0) is 0 Å². The van der Waals surface area contributed by atoms with Crippen LogP contribution in [0.2, 0.25) is 0 Å². The molecule has 0 aromatic carbocycles. The van der Waals surface area contributed by atoms with E-state index in [1.165, 1.54) is 12.8 Å². The topological polar surface area (TPSA) is 38.4 Å². The first-order valence-corrected chi connectivity index (χ1v) is 3.32. The second-order valence-corrected chi connectivity index (χ2v) is 2.34. The van der Waals surface area contributed by atoms with Crippen LogP contribution in [0.5, 0.6) is 0 Å². The molecule has 9 heavy (non-hydrogen) atoms. The first-order valence-electron chi connectivity index (χ1n) is 3.32. The summed E-state index contributed by atoms with van der Waals surface area (Å²) in [7, 11) is 0. The highest BCUT2D eigenvalue weighted by Gasteiger charge is 2.05. The molecule has 2 heteroatoms. The van der Waals surface area contributed by atoms with E-state index in [1.807, 2.05) is 6.21 Å². The average Bonchev–Trinajstić information content (AvgIpc) is 1.91. The van der Waals surface area contributed by atoms with Gasteiger partial charge in [0, 0.05) is 6.21 Å². The summed E-state index contributed by atoms with van der Waals surface area (Å²) in [6, 6.07) is 0. The molecule has 50 valence electrons. The average molecular weight is 124 g/mol. The Labute approximate surface area is 55.4 Å². The molecule has 0 aliphatic heterocycles. The lowest BCUT2D eigenvalue weighted by Gasteiger charge is -2.10. The molecule has 1 atom stereocenters. The Morgan fingerprint density at radius 2 is 2.44 bits per heavy atom. The van der Waals surface area contributed by atoms with Gasteiger partial charge in [-0.15, -0.1) is 0 Å². The number of nitrogens with zero attached hydrogens (tertiary/aromatic N) is 1. The maximum Gasteiger partial charge on any atom is 0.0274 e. The Bertz CT molecular complexity index is 127. The summed E-state index contributed by atoms with van der Waals surface area (Å²) < 4.78 is 0. The van der Waals surface area contributed by atoms with Gasteiger partial charge in [-0.3, -0.25) is 0 Å². The van der Waals surface area contributed by atoms with Crippen molar-refractivity contribution in [1.82, 2.24) is 0 Å². The lowest BCUT2D eigenvalue weighted by Crippen LogP contribution is -2.04. The number of hydrogen-bond acceptors (Lipinski definition) is 2. The molecule has 0 saturated carbocycles. The summed E-state index contributed by atoms with van der Waals surface area (Å²) in [6.07, 6.45) is 9.73. The number of hydrazone groups is 1. The third kappa shape index (κ3) is 1.88. The lowest BCUT2D eigenvalue weighted by atomic mass is 9.96. The minimum Gasteiger partial charge on any atom is -0.324 e. The number of nitrogens with two attached hydrogens (primary N) is 1. The minimum absolute atomic E-state index is 0.597. The molecule has 0 aromatic heterocycles. The van der Waals surface area contributed by atoms with Crippen molar-refractivity contribution in [2.24, 2.45) is 16.9 Å². The van der Waals surface area contributed by atoms with Gasteiger partial charge in [-0.25, -0.2) is 0 Å². The van der Waals surface area contributed by atoms with E-state index >= 15 is 0 Å². The molecule has 1 unspecified atom stereocenters. The first-order chi connectivity index (χ1) is 4.43. The van der Waals surface area contributed by atoms with Crippen LogP contribution in [0, 0.1) is 5.92 Å². The minimum atomic E-state index is 0.597. The van der Waals surface area contributed by atoms with Crippen LogP contribution in [0.15, 0.2) is 17.3 Å². The number of hydrogen-bond donors (Lipinski definition) is 1. The fourth-order valence-corrected chi connectivity index (χ4v) is 1.07. The van der Waals surface area contributed by atoms with E-state index in [1.54, 1.807) is 0 Å². The largest absolute Gasteiger partial charge is 0.324 e. The Morgan fingerprint density at radius 1 is 1.56 bits per heavy atom. The third-order valence-corrected chi connectivity index (χ3v) is 1.61. The summed E-state index contributed by atoms with van der Waals surface area (Å²) in [6.45, 7) is 0. The van der Waals surface area contributed by atoms with Crippen LogP contribution < -0.4 is 5.84 Å². The Morgan fingerprint density at radius 3 is 3.00 bits per heavy atom. The van der Waals surface area contributed by atoms with Gasteiger partial charge in [-0.2, -0.15) is 5.10 Å². The molecule has 2 nitrogen and oxygen atoms in total. The van der Waals surface area contributed by atoms with Crippen molar-refractivity contribution in [2.75, 3.05) is 0 Å². The molecule has 1 rings (SSSR count). The van der Waals surface area contributed by atoms with E-state index in [9.17, 15) is 0 Å². The molecule has 0 amide bonds. The molecule has 0 fully saturated rings. The molecule has 2 N–H and O–H groups in total. The second kappa shape index (κ2) is 3.28. The van der Waals surface area contributed by atoms with Crippen molar-refractivity contribution in [1.29, 1.82) is 0 Å². The highest BCUT2D eigenvalue weighted by Crippen LogP contribution is 2.15. The summed E-state index contributed by atoms with van der Waals surface area (Å²) in [4.78, 5) is 0. The van der Waals surface area contributed by atoms with Crippen molar-refractivity contribution < 1.29 is 0 Å². The van der Waals surface area contributed by atoms with Crippen molar-refractivity contribution >= 4 is 6.21 Å². The summed E-state index contributed by atoms with van der Waals surface area (Å²) in [5.74, 6) is 5.60. The van der Waals surface area contributed by atoms with Gasteiger partial charge in [0.25, 0.3) is 0 Å². The smallest absolute Gasteiger partial charge is 0.0274 e. The zero-order valence-corrected chi connectivity index (χ0v) is 5.46. The Balaban J connectivity index is 2.35. The molecular weight excluding hydrogens is 112 g/mol. The summed E-state index contributed by atoms with van der Waals surface area (Å²) in [5, 5.41) is 3.50. The zero-order valence-electron chi connectivity index (χ0n) is 5.46. The molecular formula is C7H12N2. The van der Waals surface area contributed by atoms with Gasteiger partial charge < -0.3 is 5.84 Å². The van der Waals surface area contributed by atoms with Crippen molar-refractivity contribution in [2.45, 2.75) is 19.3 Å². The molecule has 0 aromatic rings. The van der Waals surface area contributed by atoms with Gasteiger partial charge in [0.15, 0.2) is 0 Å². The molecule has 1 aliphatic carbocycles. The van der Waals surface area contributed by atoms with Gasteiger partial charge in [-0.05, 0) is 25.2 Å². The van der Waals surface area contributed by atoms with Crippen LogP contribution in [0.25, 0.3) is 0 Å². The number of rotatable bonds is 1. The predicted molar refractivity (Wildman–Crippen MR) is 39.2 cm³/mol. The van der Waals surface area contributed by atoms with Crippen LogP contribution in [-0.4, -0.2) is 6.21 Å². The molecule has 0 heterocycles. The van der Waals surface area contributed by atoms with Gasteiger partial charge in [0.05, 0.1) is 0 Å². The van der Waals surface area contributed by atoms with Gasteiger partial charge >= 0.3 is 0 Å². The Kier molecular flexibility index (Phi) is 2.31. The van der Waals surface area contributed by atoms with Gasteiger partial charge in [-0.1, -0.05) is 12.2 Å². The van der Waals surface area contributed by atoms with Gasteiger partial charge in [0.2, 0.25) is 0 Å². The summed E-state index contributed by atoms with van der Waals surface area (Å²) in [5.41, 5.74) is 0. The van der Waals surface area contributed by atoms with E-state index in [0.29, 0.717) is 5.92 Å². The van der Waals surface area contributed by atoms with Crippen LogP contribution in [0.4, 0.5) is 0 Å². The Hall–Kier alpha value is -0.790. The van der Waals surface area contributed by atoms with E-state index in [-0.39, 0.29) is 0 Å². The molecule has 0 bridgehead atoms. The normalized spacial score (nSPS) is 27.3. The predicted octanol–water partition coefficient (Wildman–Crippen LogP) is 1.29. The fraction of sp³-hybridized carbons (Fsp3) is 0.571. The maximum absolute atomic E-state index is 5.00. The lowest BCUT2D eigenvalue weighted by molar-refractivity contribution is 0.626. The quantitative estimate of drug-likeness (QED) is 0.243. The van der Waals surface area contributed by atoms with Crippen LogP contribution in [0.1, 0.15) is 19.3 Å². The summed E-state index contributed by atoms with van der Waals surface area (Å²) >= 11 is 0. The first kappa shape index (κ1) is 6.33. The van der Waals surface area contributed by atoms with E-state index in [4.69, 9.17) is 5.84 Å². The van der Waals surface area contributed by atoms with E-state index in [2.05, 4.69) is 17.3 Å². The van der Waals surface area contributed by atoms with Crippen LogP contribution in [0.3, 0.4) is 0 Å². The highest BCUT2D eigenvalue weighted by molar-refractivity contribution is 5.60. The standard InChI is InChI=1S/C7H12N2/c8-9-6-7-4-2-1-3-5-7/h1-2,6-7H,3-5,8H2/b9-6+. The molecule has 0 radical (unpaired) electrons. The zero-order chi connectivity index (χ0) is 6.53. The number of allylic oxidation sites excluding steroid dienone is 2. The second-order valence-electron chi connectivity index (χ2n) is 2.34. The van der Waals surface area contributed by atoms with Crippen LogP contribution >= 0.6 is 0 Å². The fourth-order valence-electron chi connectivity index (χ4n) is 1.07. The SMILES string of the molecule is N/N=C/C1CC=CCC1. The van der Waals surface area contributed by atoms with E-state index in [0.717, 1.165) is 6.42 Å². The third-order valence-electron chi connectivity index (χ3n) is 1.61. The molecule has 0 spiro atoms. The maximum atomic E-state index is 5.00.